The van der Waals surface area contributed by atoms with Gasteiger partial charge in [-0.15, -0.1) is 0 Å². The molecule has 2 aliphatic carbocycles. The Balaban J connectivity index is 1.10. The smallest absolute Gasteiger partial charge is 0.304 e. The number of nitrogens with one attached hydrogen (secondary N) is 1. The highest BCUT2D eigenvalue weighted by Gasteiger charge is 2.42. The molecule has 3 heterocycles. The fraction of sp³-hybridized carbons (Fsp3) is 0.615. The average Bonchev–Trinajstić information content (AvgIpc) is 3.71. The summed E-state index contributed by atoms with van der Waals surface area (Å²) in [7, 11) is -3.65. The van der Waals surface area contributed by atoms with E-state index < -0.39 is 10.2 Å². The molecule has 2 saturated carbocycles. The Morgan fingerprint density at radius 1 is 1.05 bits per heavy atom. The normalized spacial score (nSPS) is 26.8. The van der Waals surface area contributed by atoms with Crippen molar-refractivity contribution in [1.29, 1.82) is 0 Å². The summed E-state index contributed by atoms with van der Waals surface area (Å²) in [5.74, 6) is 1.77. The van der Waals surface area contributed by atoms with Crippen molar-refractivity contribution in [2.75, 3.05) is 42.5 Å². The van der Waals surface area contributed by atoms with E-state index in [4.69, 9.17) is 16.3 Å². The van der Waals surface area contributed by atoms with Crippen molar-refractivity contribution in [2.24, 2.45) is 17.8 Å². The van der Waals surface area contributed by atoms with Crippen molar-refractivity contribution in [3.05, 3.63) is 51.9 Å². The molecule has 1 aromatic heterocycles. The summed E-state index contributed by atoms with van der Waals surface area (Å²) in [6, 6.07) is 9.12. The van der Waals surface area contributed by atoms with Crippen molar-refractivity contribution >= 4 is 33.2 Å². The molecule has 0 radical (unpaired) electrons. The van der Waals surface area contributed by atoms with Crippen molar-refractivity contribution < 1.29 is 13.2 Å². The molecule has 1 aromatic carbocycles. The van der Waals surface area contributed by atoms with E-state index in [-0.39, 0.29) is 22.7 Å². The van der Waals surface area contributed by atoms with Gasteiger partial charge >= 0.3 is 10.2 Å². The van der Waals surface area contributed by atoms with Gasteiger partial charge in [-0.1, -0.05) is 29.8 Å². The van der Waals surface area contributed by atoms with Gasteiger partial charge in [-0.05, 0) is 62.5 Å². The molecule has 6 rings (SSSR count). The van der Waals surface area contributed by atoms with Crippen molar-refractivity contribution in [3.8, 4) is 0 Å². The van der Waals surface area contributed by atoms with Crippen molar-refractivity contribution in [3.63, 3.8) is 0 Å². The second-order valence-corrected chi connectivity index (χ2v) is 13.0. The van der Waals surface area contributed by atoms with Crippen LogP contribution in [0.2, 0.25) is 5.02 Å². The Morgan fingerprint density at radius 3 is 2.49 bits per heavy atom. The number of halogens is 1. The van der Waals surface area contributed by atoms with E-state index in [0.29, 0.717) is 61.6 Å². The molecule has 0 unspecified atom stereocenters. The summed E-state index contributed by atoms with van der Waals surface area (Å²) in [5, 5.41) is 7.89. The van der Waals surface area contributed by atoms with Gasteiger partial charge in [0, 0.05) is 38.2 Å². The molecule has 3 atom stereocenters. The Bertz CT molecular complexity index is 1280. The van der Waals surface area contributed by atoms with Gasteiger partial charge in [0.15, 0.2) is 0 Å². The highest BCUT2D eigenvalue weighted by atomic mass is 35.5. The van der Waals surface area contributed by atoms with Crippen LogP contribution in [0.25, 0.3) is 0 Å². The molecule has 37 heavy (non-hydrogen) atoms. The number of ether oxygens (including phenoxy) is 1. The number of nitrogens with zero attached hydrogens (tertiary/aromatic N) is 4. The molecule has 4 fully saturated rings. The molecule has 2 aromatic rings. The zero-order chi connectivity index (χ0) is 25.6. The molecule has 11 heteroatoms. The van der Waals surface area contributed by atoms with Gasteiger partial charge in [-0.2, -0.15) is 17.8 Å². The largest absolute Gasteiger partial charge is 0.382 e. The number of benzene rings is 1. The summed E-state index contributed by atoms with van der Waals surface area (Å²) in [6.45, 7) is 2.98. The molecule has 2 saturated heterocycles. The minimum Gasteiger partial charge on any atom is -0.382 e. The third-order valence-electron chi connectivity index (χ3n) is 8.48. The van der Waals surface area contributed by atoms with E-state index in [0.717, 1.165) is 26.1 Å². The van der Waals surface area contributed by atoms with Crippen molar-refractivity contribution in [1.82, 2.24) is 14.1 Å². The average molecular weight is 548 g/mol. The third kappa shape index (κ3) is 4.89. The van der Waals surface area contributed by atoms with Crippen LogP contribution in [-0.4, -0.2) is 61.4 Å². The summed E-state index contributed by atoms with van der Waals surface area (Å²) in [4.78, 5) is 13.1. The number of para-hydroxylation sites is 1. The van der Waals surface area contributed by atoms with E-state index >= 15 is 0 Å². The predicted molar refractivity (Wildman–Crippen MR) is 143 cm³/mol. The van der Waals surface area contributed by atoms with Crippen LogP contribution in [0.5, 0.6) is 0 Å². The highest BCUT2D eigenvalue weighted by Crippen LogP contribution is 2.43. The van der Waals surface area contributed by atoms with Crippen LogP contribution < -0.4 is 15.2 Å². The first-order valence-corrected chi connectivity index (χ1v) is 15.1. The first-order chi connectivity index (χ1) is 17.9. The fourth-order valence-electron chi connectivity index (χ4n) is 6.05. The number of rotatable bonds is 8. The van der Waals surface area contributed by atoms with Crippen LogP contribution in [-0.2, 0) is 14.9 Å². The van der Waals surface area contributed by atoms with E-state index in [1.807, 2.05) is 30.3 Å². The fourth-order valence-corrected chi connectivity index (χ4v) is 8.15. The Labute approximate surface area is 222 Å². The lowest BCUT2D eigenvalue weighted by Crippen LogP contribution is -2.49. The molecule has 2 aliphatic heterocycles. The molecule has 4 aliphatic rings. The van der Waals surface area contributed by atoms with E-state index in [2.05, 4.69) is 10.4 Å². The SMILES string of the molecule is O=c1c(Cl)c(NC[C@H]2COC[C@H]3CC[C@H]32)cnn1C1CCN(S(=O)(=O)N(c2ccccc2)C2CC2)CC1. The van der Waals surface area contributed by atoms with Crippen LogP contribution in [0.4, 0.5) is 11.4 Å². The van der Waals surface area contributed by atoms with Gasteiger partial charge in [0.2, 0.25) is 0 Å². The molecule has 0 amide bonds. The number of aromatic nitrogens is 2. The molecule has 1 N–H and O–H groups in total. The van der Waals surface area contributed by atoms with Gasteiger partial charge in [0.25, 0.3) is 5.56 Å². The zero-order valence-corrected chi connectivity index (χ0v) is 22.4. The number of hydrogen-bond acceptors (Lipinski definition) is 6. The number of hydrogen-bond donors (Lipinski definition) is 1. The second kappa shape index (κ2) is 10.2. The Hall–Kier alpha value is -2.14. The summed E-state index contributed by atoms with van der Waals surface area (Å²) in [5.41, 5.74) is 0.915. The van der Waals surface area contributed by atoms with Crippen LogP contribution in [0.1, 0.15) is 44.6 Å². The van der Waals surface area contributed by atoms with Gasteiger partial charge in [0.05, 0.1) is 30.2 Å². The molecule has 0 bridgehead atoms. The topological polar surface area (TPSA) is 96.8 Å². The Kier molecular flexibility index (Phi) is 6.94. The van der Waals surface area contributed by atoms with Crippen LogP contribution in [0, 0.1) is 17.8 Å². The summed E-state index contributed by atoms with van der Waals surface area (Å²) in [6.07, 6.45) is 6.86. The van der Waals surface area contributed by atoms with Crippen molar-refractivity contribution in [2.45, 2.75) is 50.6 Å². The molecule has 9 nitrogen and oxygen atoms in total. The number of anilines is 2. The number of piperidine rings is 1. The monoisotopic (exact) mass is 547 g/mol. The maximum Gasteiger partial charge on any atom is 0.304 e. The first kappa shape index (κ1) is 25.2. The highest BCUT2D eigenvalue weighted by molar-refractivity contribution is 7.90. The summed E-state index contributed by atoms with van der Waals surface area (Å²) < 4.78 is 37.4. The third-order valence-corrected chi connectivity index (χ3v) is 10.9. The number of fused-ring (bicyclic) bond motifs is 1. The Morgan fingerprint density at radius 2 is 1.81 bits per heavy atom. The summed E-state index contributed by atoms with van der Waals surface area (Å²) >= 11 is 6.49. The quantitative estimate of drug-likeness (QED) is 0.543. The molecular formula is C26H34ClN5O4S. The minimum absolute atomic E-state index is 0.0172. The second-order valence-electron chi connectivity index (χ2n) is 10.8. The lowest BCUT2D eigenvalue weighted by molar-refractivity contribution is -0.0719. The van der Waals surface area contributed by atoms with Gasteiger partial charge in [-0.3, -0.25) is 9.10 Å². The molecule has 200 valence electrons. The lowest BCUT2D eigenvalue weighted by atomic mass is 9.66. The van der Waals surface area contributed by atoms with Gasteiger partial charge in [0.1, 0.15) is 5.02 Å². The standard InChI is InChI=1S/C26H34ClN5O4S/c27-25-24(28-14-19-17-36-16-18-6-9-23(18)19)15-29-31(26(25)33)20-10-12-30(13-11-20)37(34,35)32(22-7-8-22)21-4-2-1-3-5-21/h1-5,15,18-20,22-23,28H,6-14,16-17H2/t18-,19+,23-/m1/s1. The van der Waals surface area contributed by atoms with E-state index in [9.17, 15) is 13.2 Å². The first-order valence-electron chi connectivity index (χ1n) is 13.4. The maximum absolute atomic E-state index is 13.6. The molecular weight excluding hydrogens is 514 g/mol. The van der Waals surface area contributed by atoms with Gasteiger partial charge in [-0.25, -0.2) is 4.68 Å². The minimum atomic E-state index is -3.65. The van der Waals surface area contributed by atoms with Gasteiger partial charge < -0.3 is 10.1 Å². The van der Waals surface area contributed by atoms with Crippen LogP contribution in [0.3, 0.4) is 0 Å². The van der Waals surface area contributed by atoms with Crippen LogP contribution >= 0.6 is 11.6 Å². The van der Waals surface area contributed by atoms with E-state index in [1.165, 1.54) is 21.8 Å². The zero-order valence-electron chi connectivity index (χ0n) is 20.8. The van der Waals surface area contributed by atoms with E-state index in [1.54, 1.807) is 10.5 Å². The maximum atomic E-state index is 13.6. The predicted octanol–water partition coefficient (Wildman–Crippen LogP) is 3.53. The lowest BCUT2D eigenvalue weighted by Gasteiger charge is -2.45. The van der Waals surface area contributed by atoms with Crippen LogP contribution in [0.15, 0.2) is 41.3 Å². The molecule has 0 spiro atoms.